The first-order valence-corrected chi connectivity index (χ1v) is 7.61. The summed E-state index contributed by atoms with van der Waals surface area (Å²) >= 11 is 6.24. The number of rotatable bonds is 4. The highest BCUT2D eigenvalue weighted by Crippen LogP contribution is 2.41. The van der Waals surface area contributed by atoms with E-state index < -0.39 is 0 Å². The van der Waals surface area contributed by atoms with E-state index in [2.05, 4.69) is 35.7 Å². The summed E-state index contributed by atoms with van der Waals surface area (Å²) < 4.78 is 0. The number of halogens is 1. The number of nitrogens with one attached hydrogen (secondary N) is 1. The van der Waals surface area contributed by atoms with Gasteiger partial charge in [-0.1, -0.05) is 41.9 Å². The monoisotopic (exact) mass is 296 g/mol. The first-order valence-electron chi connectivity index (χ1n) is 7.23. The van der Waals surface area contributed by atoms with Crippen LogP contribution in [0.25, 0.3) is 0 Å². The van der Waals surface area contributed by atoms with Gasteiger partial charge in [0.1, 0.15) is 0 Å². The molecule has 1 fully saturated rings. The van der Waals surface area contributed by atoms with E-state index in [4.69, 9.17) is 16.9 Å². The van der Waals surface area contributed by atoms with Crippen LogP contribution in [-0.2, 0) is 6.42 Å². The van der Waals surface area contributed by atoms with E-state index in [1.54, 1.807) is 0 Å². The molecule has 1 N–H and O–H groups in total. The highest BCUT2D eigenvalue weighted by molar-refractivity contribution is 6.31. The maximum atomic E-state index is 8.66. The lowest BCUT2D eigenvalue weighted by molar-refractivity contribution is 0.374. The van der Waals surface area contributed by atoms with Crippen LogP contribution in [-0.4, -0.2) is 6.04 Å². The minimum absolute atomic E-state index is 0.471. The third-order valence-corrected chi connectivity index (χ3v) is 4.44. The molecule has 1 aliphatic rings. The highest BCUT2D eigenvalue weighted by Gasteiger charge is 2.31. The van der Waals surface area contributed by atoms with Crippen molar-refractivity contribution in [2.24, 2.45) is 0 Å². The maximum Gasteiger partial charge on any atom is 0.0669 e. The Morgan fingerprint density at radius 2 is 1.81 bits per heavy atom. The normalized spacial score (nSPS) is 20.4. The van der Waals surface area contributed by atoms with Gasteiger partial charge in [0.2, 0.25) is 0 Å². The van der Waals surface area contributed by atoms with Crippen molar-refractivity contribution in [1.29, 1.82) is 5.26 Å². The smallest absolute Gasteiger partial charge is 0.0669 e. The van der Waals surface area contributed by atoms with Gasteiger partial charge in [0.25, 0.3) is 0 Å². The molecule has 0 bridgehead atoms. The topological polar surface area (TPSA) is 35.8 Å². The number of hydrogen-bond acceptors (Lipinski definition) is 2. The first kappa shape index (κ1) is 14.0. The Labute approximate surface area is 130 Å². The third-order valence-electron chi connectivity index (χ3n) is 4.09. The van der Waals surface area contributed by atoms with E-state index in [0.29, 0.717) is 18.4 Å². The van der Waals surface area contributed by atoms with Crippen LogP contribution in [0.2, 0.25) is 5.02 Å². The van der Waals surface area contributed by atoms with Crippen LogP contribution in [0.3, 0.4) is 0 Å². The average Bonchev–Trinajstić information content (AvgIpc) is 2.46. The SMILES string of the molecule is N#CCc1ccc(NC2CC(c3ccccc3Cl)C2)cc1. The first-order chi connectivity index (χ1) is 10.3. The Hall–Kier alpha value is -1.98. The van der Waals surface area contributed by atoms with Gasteiger partial charge >= 0.3 is 0 Å². The molecule has 0 aromatic heterocycles. The summed E-state index contributed by atoms with van der Waals surface area (Å²) in [6.07, 6.45) is 2.70. The Balaban J connectivity index is 1.55. The molecular formula is C18H17ClN2. The van der Waals surface area contributed by atoms with E-state index in [0.717, 1.165) is 29.1 Å². The molecule has 3 heteroatoms. The van der Waals surface area contributed by atoms with Gasteiger partial charge < -0.3 is 5.32 Å². The molecule has 1 aliphatic carbocycles. The molecule has 0 aliphatic heterocycles. The quantitative estimate of drug-likeness (QED) is 0.882. The average molecular weight is 297 g/mol. The van der Waals surface area contributed by atoms with Gasteiger partial charge in [-0.2, -0.15) is 5.26 Å². The van der Waals surface area contributed by atoms with Crippen molar-refractivity contribution < 1.29 is 0 Å². The Bertz CT molecular complexity index is 652. The molecular weight excluding hydrogens is 280 g/mol. The van der Waals surface area contributed by atoms with Crippen LogP contribution in [0, 0.1) is 11.3 Å². The van der Waals surface area contributed by atoms with Crippen LogP contribution >= 0.6 is 11.6 Å². The fraction of sp³-hybridized carbons (Fsp3) is 0.278. The minimum atomic E-state index is 0.471. The second-order valence-corrected chi connectivity index (χ2v) is 5.97. The van der Waals surface area contributed by atoms with Crippen LogP contribution < -0.4 is 5.32 Å². The van der Waals surface area contributed by atoms with Crippen molar-refractivity contribution in [3.8, 4) is 6.07 Å². The van der Waals surface area contributed by atoms with Crippen molar-refractivity contribution in [3.05, 3.63) is 64.7 Å². The van der Waals surface area contributed by atoms with Gasteiger partial charge in [0.15, 0.2) is 0 Å². The van der Waals surface area contributed by atoms with E-state index >= 15 is 0 Å². The Morgan fingerprint density at radius 1 is 1.10 bits per heavy atom. The van der Waals surface area contributed by atoms with E-state index in [1.807, 2.05) is 24.3 Å². The number of hydrogen-bond donors (Lipinski definition) is 1. The second-order valence-electron chi connectivity index (χ2n) is 5.56. The molecule has 2 aromatic rings. The van der Waals surface area contributed by atoms with Gasteiger partial charge in [0.05, 0.1) is 12.5 Å². The maximum absolute atomic E-state index is 8.66. The fourth-order valence-electron chi connectivity index (χ4n) is 2.84. The number of benzene rings is 2. The Kier molecular flexibility index (Phi) is 4.13. The van der Waals surface area contributed by atoms with Crippen molar-refractivity contribution in [3.63, 3.8) is 0 Å². The fourth-order valence-corrected chi connectivity index (χ4v) is 3.13. The molecule has 21 heavy (non-hydrogen) atoms. The second kappa shape index (κ2) is 6.20. The summed E-state index contributed by atoms with van der Waals surface area (Å²) in [6, 6.07) is 18.9. The molecule has 0 saturated heterocycles. The van der Waals surface area contributed by atoms with Gasteiger partial charge in [0, 0.05) is 16.8 Å². The Morgan fingerprint density at radius 3 is 2.48 bits per heavy atom. The van der Waals surface area contributed by atoms with Crippen molar-refractivity contribution in [2.75, 3.05) is 5.32 Å². The molecule has 0 spiro atoms. The molecule has 106 valence electrons. The zero-order chi connectivity index (χ0) is 14.7. The van der Waals surface area contributed by atoms with Gasteiger partial charge in [-0.05, 0) is 48.1 Å². The van der Waals surface area contributed by atoms with Crippen LogP contribution in [0.15, 0.2) is 48.5 Å². The van der Waals surface area contributed by atoms with Gasteiger partial charge in [-0.3, -0.25) is 0 Å². The van der Waals surface area contributed by atoms with Crippen molar-refractivity contribution in [2.45, 2.75) is 31.2 Å². The van der Waals surface area contributed by atoms with Gasteiger partial charge in [-0.25, -0.2) is 0 Å². The van der Waals surface area contributed by atoms with E-state index in [-0.39, 0.29) is 0 Å². The molecule has 2 aromatic carbocycles. The zero-order valence-electron chi connectivity index (χ0n) is 11.7. The molecule has 2 nitrogen and oxygen atoms in total. The number of anilines is 1. The lowest BCUT2D eigenvalue weighted by Crippen LogP contribution is -2.34. The molecule has 3 rings (SSSR count). The van der Waals surface area contributed by atoms with Crippen molar-refractivity contribution >= 4 is 17.3 Å². The predicted octanol–water partition coefficient (Wildman–Crippen LogP) is 4.76. The largest absolute Gasteiger partial charge is 0.382 e. The molecule has 0 unspecified atom stereocenters. The standard InChI is InChI=1S/C18H17ClN2/c19-18-4-2-1-3-17(18)14-11-16(12-14)21-15-7-5-13(6-8-15)9-10-20/h1-8,14,16,21H,9,11-12H2. The van der Waals surface area contributed by atoms with Crippen molar-refractivity contribution in [1.82, 2.24) is 0 Å². The zero-order valence-corrected chi connectivity index (χ0v) is 12.5. The molecule has 0 heterocycles. The highest BCUT2D eigenvalue weighted by atomic mass is 35.5. The number of nitrogens with zero attached hydrogens (tertiary/aromatic N) is 1. The predicted molar refractivity (Wildman–Crippen MR) is 86.6 cm³/mol. The number of nitriles is 1. The van der Waals surface area contributed by atoms with Crippen LogP contribution in [0.1, 0.15) is 29.9 Å². The summed E-state index contributed by atoms with van der Waals surface area (Å²) in [6.45, 7) is 0. The summed E-state index contributed by atoms with van der Waals surface area (Å²) in [5.74, 6) is 0.564. The summed E-state index contributed by atoms with van der Waals surface area (Å²) in [5.41, 5.74) is 3.45. The van der Waals surface area contributed by atoms with Crippen LogP contribution in [0.4, 0.5) is 5.69 Å². The van der Waals surface area contributed by atoms with E-state index in [1.165, 1.54) is 5.56 Å². The third kappa shape index (κ3) is 3.20. The molecule has 0 amide bonds. The molecule has 0 atom stereocenters. The molecule has 0 radical (unpaired) electrons. The summed E-state index contributed by atoms with van der Waals surface area (Å²) in [7, 11) is 0. The minimum Gasteiger partial charge on any atom is -0.382 e. The van der Waals surface area contributed by atoms with Crippen LogP contribution in [0.5, 0.6) is 0 Å². The summed E-state index contributed by atoms with van der Waals surface area (Å²) in [5, 5.41) is 13.1. The van der Waals surface area contributed by atoms with Gasteiger partial charge in [-0.15, -0.1) is 0 Å². The molecule has 1 saturated carbocycles. The lowest BCUT2D eigenvalue weighted by atomic mass is 9.76. The summed E-state index contributed by atoms with van der Waals surface area (Å²) in [4.78, 5) is 0. The lowest BCUT2D eigenvalue weighted by Gasteiger charge is -2.37. The van der Waals surface area contributed by atoms with E-state index in [9.17, 15) is 0 Å².